The van der Waals surface area contributed by atoms with E-state index in [2.05, 4.69) is 38.1 Å². The molecule has 0 aromatic carbocycles. The van der Waals surface area contributed by atoms with E-state index in [1.54, 1.807) is 11.8 Å². The van der Waals surface area contributed by atoms with E-state index in [1.165, 1.54) is 30.4 Å². The van der Waals surface area contributed by atoms with Crippen LogP contribution in [0.1, 0.15) is 36.2 Å². The summed E-state index contributed by atoms with van der Waals surface area (Å²) in [5.74, 6) is 1.12. The van der Waals surface area contributed by atoms with E-state index in [4.69, 9.17) is 0 Å². The Hall–Kier alpha value is -1.40. The number of fused-ring (bicyclic) bond motifs is 1. The molecule has 21 heavy (non-hydrogen) atoms. The Bertz CT molecular complexity index is 623. The third-order valence-corrected chi connectivity index (χ3v) is 4.84. The minimum atomic E-state index is 0.846. The lowest BCUT2D eigenvalue weighted by Crippen LogP contribution is -2.06. The van der Waals surface area contributed by atoms with E-state index < -0.39 is 0 Å². The summed E-state index contributed by atoms with van der Waals surface area (Å²) in [4.78, 5) is 4.59. The SMILES string of the molecule is CNCc1cnc(Sc2nnc3n2CCCCC3)c(C)c1. The van der Waals surface area contributed by atoms with Crippen molar-refractivity contribution in [3.8, 4) is 0 Å². The van der Waals surface area contributed by atoms with E-state index in [9.17, 15) is 0 Å². The molecule has 3 rings (SSSR count). The van der Waals surface area contributed by atoms with Gasteiger partial charge in [0.25, 0.3) is 0 Å². The highest BCUT2D eigenvalue weighted by atomic mass is 32.2. The minimum absolute atomic E-state index is 0.846. The fourth-order valence-electron chi connectivity index (χ4n) is 2.65. The second-order valence-corrected chi connectivity index (χ2v) is 6.42. The number of aromatic nitrogens is 4. The molecule has 5 nitrogen and oxygen atoms in total. The number of pyridine rings is 1. The van der Waals surface area contributed by atoms with Crippen molar-refractivity contribution >= 4 is 11.8 Å². The lowest BCUT2D eigenvalue weighted by Gasteiger charge is -2.08. The average Bonchev–Trinajstić information content (AvgIpc) is 2.70. The molecule has 0 fully saturated rings. The van der Waals surface area contributed by atoms with Gasteiger partial charge in [-0.3, -0.25) is 0 Å². The maximum absolute atomic E-state index is 4.59. The van der Waals surface area contributed by atoms with Gasteiger partial charge < -0.3 is 9.88 Å². The van der Waals surface area contributed by atoms with Crippen LogP contribution >= 0.6 is 11.8 Å². The smallest absolute Gasteiger partial charge is 0.197 e. The molecule has 6 heteroatoms. The van der Waals surface area contributed by atoms with Gasteiger partial charge in [0.15, 0.2) is 5.16 Å². The summed E-state index contributed by atoms with van der Waals surface area (Å²) in [5, 5.41) is 13.9. The molecule has 0 unspecified atom stereocenters. The Kier molecular flexibility index (Phi) is 4.55. The van der Waals surface area contributed by atoms with E-state index in [-0.39, 0.29) is 0 Å². The average molecular weight is 303 g/mol. The van der Waals surface area contributed by atoms with Crippen LogP contribution in [0.25, 0.3) is 0 Å². The molecular weight excluding hydrogens is 282 g/mol. The first-order valence-electron chi connectivity index (χ1n) is 7.48. The van der Waals surface area contributed by atoms with Crippen molar-refractivity contribution in [3.63, 3.8) is 0 Å². The van der Waals surface area contributed by atoms with Crippen molar-refractivity contribution in [2.24, 2.45) is 0 Å². The number of hydrogen-bond donors (Lipinski definition) is 1. The summed E-state index contributed by atoms with van der Waals surface area (Å²) in [7, 11) is 1.95. The first-order chi connectivity index (χ1) is 10.3. The van der Waals surface area contributed by atoms with Crippen LogP contribution in [-0.2, 0) is 19.5 Å². The zero-order valence-corrected chi connectivity index (χ0v) is 13.4. The highest BCUT2D eigenvalue weighted by Gasteiger charge is 2.16. The Morgan fingerprint density at radius 1 is 1.29 bits per heavy atom. The van der Waals surface area contributed by atoms with E-state index in [1.807, 2.05) is 13.2 Å². The first kappa shape index (κ1) is 14.5. The molecular formula is C15H21N5S. The number of hydrogen-bond acceptors (Lipinski definition) is 5. The predicted octanol–water partition coefficient (Wildman–Crippen LogP) is 2.58. The second kappa shape index (κ2) is 6.58. The van der Waals surface area contributed by atoms with Crippen molar-refractivity contribution in [1.29, 1.82) is 0 Å². The summed E-state index contributed by atoms with van der Waals surface area (Å²) < 4.78 is 2.26. The fourth-order valence-corrected chi connectivity index (χ4v) is 3.54. The largest absolute Gasteiger partial charge is 0.316 e. The number of nitrogens with one attached hydrogen (secondary N) is 1. The van der Waals surface area contributed by atoms with Crippen LogP contribution in [0, 0.1) is 6.92 Å². The Balaban J connectivity index is 1.82. The molecule has 1 aliphatic rings. The monoisotopic (exact) mass is 303 g/mol. The fraction of sp³-hybridized carbons (Fsp3) is 0.533. The number of aryl methyl sites for hydroxylation is 2. The van der Waals surface area contributed by atoms with E-state index in [0.717, 1.165) is 35.5 Å². The third-order valence-electron chi connectivity index (χ3n) is 3.73. The summed E-state index contributed by atoms with van der Waals surface area (Å²) in [5.41, 5.74) is 2.40. The molecule has 0 bridgehead atoms. The van der Waals surface area contributed by atoms with Gasteiger partial charge in [-0.25, -0.2) is 4.98 Å². The molecule has 3 heterocycles. The Morgan fingerprint density at radius 2 is 2.19 bits per heavy atom. The minimum Gasteiger partial charge on any atom is -0.316 e. The zero-order valence-electron chi connectivity index (χ0n) is 12.6. The molecule has 1 N–H and O–H groups in total. The summed E-state index contributed by atoms with van der Waals surface area (Å²) >= 11 is 1.63. The van der Waals surface area contributed by atoms with Gasteiger partial charge in [0.1, 0.15) is 10.9 Å². The zero-order chi connectivity index (χ0) is 14.7. The van der Waals surface area contributed by atoms with Gasteiger partial charge in [-0.05, 0) is 49.7 Å². The third kappa shape index (κ3) is 3.27. The van der Waals surface area contributed by atoms with Gasteiger partial charge >= 0.3 is 0 Å². The van der Waals surface area contributed by atoms with E-state index >= 15 is 0 Å². The van der Waals surface area contributed by atoms with Crippen LogP contribution < -0.4 is 5.32 Å². The lowest BCUT2D eigenvalue weighted by molar-refractivity contribution is 0.590. The molecule has 2 aromatic heterocycles. The number of rotatable bonds is 4. The lowest BCUT2D eigenvalue weighted by atomic mass is 10.2. The van der Waals surface area contributed by atoms with Gasteiger partial charge in [0.2, 0.25) is 0 Å². The molecule has 0 radical (unpaired) electrons. The highest BCUT2D eigenvalue weighted by molar-refractivity contribution is 7.99. The van der Waals surface area contributed by atoms with Gasteiger partial charge in [-0.15, -0.1) is 10.2 Å². The topological polar surface area (TPSA) is 55.6 Å². The standard InChI is InChI=1S/C15H21N5S/c1-11-8-12(9-16-2)10-17-14(11)21-15-19-18-13-6-4-3-5-7-20(13)15/h8,10,16H,3-7,9H2,1-2H3. The van der Waals surface area contributed by atoms with Crippen molar-refractivity contribution in [2.75, 3.05) is 7.05 Å². The molecule has 0 saturated heterocycles. The molecule has 1 aliphatic heterocycles. The van der Waals surface area contributed by atoms with Crippen LogP contribution in [0.5, 0.6) is 0 Å². The maximum Gasteiger partial charge on any atom is 0.197 e. The van der Waals surface area contributed by atoms with Crippen LogP contribution in [0.4, 0.5) is 0 Å². The molecule has 0 saturated carbocycles. The summed E-state index contributed by atoms with van der Waals surface area (Å²) in [6.45, 7) is 3.98. The maximum atomic E-state index is 4.59. The molecule has 0 aliphatic carbocycles. The molecule has 0 atom stereocenters. The molecule has 112 valence electrons. The van der Waals surface area contributed by atoms with Crippen LogP contribution in [0.2, 0.25) is 0 Å². The second-order valence-electron chi connectivity index (χ2n) is 5.46. The predicted molar refractivity (Wildman–Crippen MR) is 83.4 cm³/mol. The van der Waals surface area contributed by atoms with Crippen molar-refractivity contribution < 1.29 is 0 Å². The van der Waals surface area contributed by atoms with Gasteiger partial charge in [0, 0.05) is 25.7 Å². The van der Waals surface area contributed by atoms with Crippen LogP contribution in [-0.4, -0.2) is 26.8 Å². The number of nitrogens with zero attached hydrogens (tertiary/aromatic N) is 4. The quantitative estimate of drug-likeness (QED) is 0.941. The summed E-state index contributed by atoms with van der Waals surface area (Å²) in [6.07, 6.45) is 6.70. The highest BCUT2D eigenvalue weighted by Crippen LogP contribution is 2.29. The molecule has 2 aromatic rings. The molecule has 0 amide bonds. The molecule has 0 spiro atoms. The Morgan fingerprint density at radius 3 is 3.00 bits per heavy atom. The van der Waals surface area contributed by atoms with Crippen molar-refractivity contribution in [2.45, 2.75) is 55.9 Å². The summed E-state index contributed by atoms with van der Waals surface area (Å²) in [6, 6.07) is 2.19. The van der Waals surface area contributed by atoms with E-state index in [0.29, 0.717) is 0 Å². The Labute approximate surface area is 129 Å². The van der Waals surface area contributed by atoms with Crippen LogP contribution in [0.15, 0.2) is 22.4 Å². The van der Waals surface area contributed by atoms with Gasteiger partial charge in [-0.1, -0.05) is 12.5 Å². The van der Waals surface area contributed by atoms with Crippen molar-refractivity contribution in [3.05, 3.63) is 29.2 Å². The van der Waals surface area contributed by atoms with Crippen molar-refractivity contribution in [1.82, 2.24) is 25.1 Å². The first-order valence-corrected chi connectivity index (χ1v) is 8.29. The normalized spacial score (nSPS) is 14.8. The van der Waals surface area contributed by atoms with Gasteiger partial charge in [0.05, 0.1) is 0 Å². The van der Waals surface area contributed by atoms with Gasteiger partial charge in [-0.2, -0.15) is 0 Å². The van der Waals surface area contributed by atoms with Crippen LogP contribution in [0.3, 0.4) is 0 Å².